The molecule has 2 aromatic heterocycles. The van der Waals surface area contributed by atoms with Crippen LogP contribution in [0.5, 0.6) is 5.75 Å². The summed E-state index contributed by atoms with van der Waals surface area (Å²) in [6.45, 7) is 4.32. The van der Waals surface area contributed by atoms with Crippen LogP contribution in [-0.4, -0.2) is 21.9 Å². The van der Waals surface area contributed by atoms with Crippen LogP contribution in [0.4, 0.5) is 0 Å². The van der Waals surface area contributed by atoms with Crippen LogP contribution in [0, 0.1) is 0 Å². The van der Waals surface area contributed by atoms with E-state index in [4.69, 9.17) is 4.74 Å². The zero-order chi connectivity index (χ0) is 15.0. The van der Waals surface area contributed by atoms with Gasteiger partial charge in [-0.15, -0.1) is 0 Å². The Kier molecular flexibility index (Phi) is 3.37. The number of aromatic nitrogens is 3. The molecule has 3 rings (SSSR count). The lowest BCUT2D eigenvalue weighted by molar-refractivity contribution is 0.405. The molecule has 21 heavy (non-hydrogen) atoms. The highest BCUT2D eigenvalue weighted by Crippen LogP contribution is 2.30. The average molecular weight is 281 g/mol. The van der Waals surface area contributed by atoms with Gasteiger partial charge in [0.15, 0.2) is 0 Å². The number of aryl methyl sites for hydroxylation is 1. The standard InChI is InChI=1S/C17H19N3O/c1-11(2)14-8-15(18-10-17(14)21-4)12-5-6-16-13(7-12)9-19-20(16)3/h5-11H,1-4H3. The fraction of sp³-hybridized carbons (Fsp3) is 0.294. The molecule has 2 heterocycles. The molecule has 0 bridgehead atoms. The van der Waals surface area contributed by atoms with Gasteiger partial charge in [0.2, 0.25) is 0 Å². The molecule has 0 atom stereocenters. The fourth-order valence-electron chi connectivity index (χ4n) is 2.56. The summed E-state index contributed by atoms with van der Waals surface area (Å²) in [6.07, 6.45) is 3.68. The molecule has 1 aromatic carbocycles. The first-order chi connectivity index (χ1) is 10.1. The Bertz CT molecular complexity index is 790. The molecule has 0 aliphatic rings. The Morgan fingerprint density at radius 1 is 1.14 bits per heavy atom. The number of fused-ring (bicyclic) bond motifs is 1. The molecule has 4 nitrogen and oxygen atoms in total. The molecule has 0 spiro atoms. The molecule has 0 amide bonds. The minimum absolute atomic E-state index is 0.392. The summed E-state index contributed by atoms with van der Waals surface area (Å²) < 4.78 is 7.27. The van der Waals surface area contributed by atoms with Crippen LogP contribution in [0.1, 0.15) is 25.3 Å². The first kappa shape index (κ1) is 13.6. The molecule has 0 radical (unpaired) electrons. The molecule has 0 aliphatic carbocycles. The number of methoxy groups -OCH3 is 1. The maximum atomic E-state index is 5.40. The summed E-state index contributed by atoms with van der Waals surface area (Å²) in [5.41, 5.74) is 4.36. The van der Waals surface area contributed by atoms with Crippen molar-refractivity contribution in [3.8, 4) is 17.0 Å². The van der Waals surface area contributed by atoms with E-state index in [1.807, 2.05) is 17.9 Å². The van der Waals surface area contributed by atoms with Gasteiger partial charge in [0.1, 0.15) is 5.75 Å². The molecule has 108 valence electrons. The van der Waals surface area contributed by atoms with Crippen molar-refractivity contribution in [3.63, 3.8) is 0 Å². The van der Waals surface area contributed by atoms with E-state index in [2.05, 4.69) is 48.2 Å². The van der Waals surface area contributed by atoms with Gasteiger partial charge in [-0.3, -0.25) is 9.67 Å². The van der Waals surface area contributed by atoms with Crippen LogP contribution >= 0.6 is 0 Å². The van der Waals surface area contributed by atoms with Crippen LogP contribution in [0.15, 0.2) is 36.7 Å². The van der Waals surface area contributed by atoms with E-state index in [1.54, 1.807) is 13.3 Å². The maximum absolute atomic E-state index is 5.40. The van der Waals surface area contributed by atoms with E-state index in [0.717, 1.165) is 27.9 Å². The molecule has 0 fully saturated rings. The monoisotopic (exact) mass is 281 g/mol. The van der Waals surface area contributed by atoms with Gasteiger partial charge in [0.25, 0.3) is 0 Å². The number of ether oxygens (including phenoxy) is 1. The third kappa shape index (κ3) is 2.37. The van der Waals surface area contributed by atoms with Crippen LogP contribution in [0.2, 0.25) is 0 Å². The lowest BCUT2D eigenvalue weighted by Crippen LogP contribution is -1.97. The lowest BCUT2D eigenvalue weighted by Gasteiger charge is -2.13. The molecule has 0 unspecified atom stereocenters. The van der Waals surface area contributed by atoms with Gasteiger partial charge in [-0.1, -0.05) is 19.9 Å². The topological polar surface area (TPSA) is 39.9 Å². The summed E-state index contributed by atoms with van der Waals surface area (Å²) in [6, 6.07) is 8.41. The van der Waals surface area contributed by atoms with Crippen LogP contribution in [-0.2, 0) is 7.05 Å². The van der Waals surface area contributed by atoms with E-state index in [1.165, 1.54) is 5.56 Å². The zero-order valence-electron chi connectivity index (χ0n) is 12.8. The summed E-state index contributed by atoms with van der Waals surface area (Å²) in [5.74, 6) is 1.24. The second kappa shape index (κ2) is 5.20. The van der Waals surface area contributed by atoms with E-state index in [9.17, 15) is 0 Å². The number of benzene rings is 1. The summed E-state index contributed by atoms with van der Waals surface area (Å²) in [4.78, 5) is 4.52. The van der Waals surface area contributed by atoms with Gasteiger partial charge >= 0.3 is 0 Å². The van der Waals surface area contributed by atoms with Crippen molar-refractivity contribution in [2.75, 3.05) is 7.11 Å². The van der Waals surface area contributed by atoms with Gasteiger partial charge in [-0.05, 0) is 24.1 Å². The van der Waals surface area contributed by atoms with Crippen LogP contribution < -0.4 is 4.74 Å². The van der Waals surface area contributed by atoms with Crippen molar-refractivity contribution in [3.05, 3.63) is 42.2 Å². The normalized spacial score (nSPS) is 11.3. The SMILES string of the molecule is COc1cnc(-c2ccc3c(cnn3C)c2)cc1C(C)C. The number of hydrogen-bond donors (Lipinski definition) is 0. The van der Waals surface area contributed by atoms with Gasteiger partial charge < -0.3 is 4.74 Å². The van der Waals surface area contributed by atoms with E-state index in [0.29, 0.717) is 5.92 Å². The molecule has 3 aromatic rings. The van der Waals surface area contributed by atoms with Gasteiger partial charge in [0, 0.05) is 23.6 Å². The number of rotatable bonds is 3. The molecule has 4 heteroatoms. The molecule has 0 saturated carbocycles. The first-order valence-corrected chi connectivity index (χ1v) is 7.06. The highest BCUT2D eigenvalue weighted by molar-refractivity contribution is 5.84. The highest BCUT2D eigenvalue weighted by Gasteiger charge is 2.11. The first-order valence-electron chi connectivity index (χ1n) is 7.06. The molecule has 0 saturated heterocycles. The Hall–Kier alpha value is -2.36. The molecule has 0 aliphatic heterocycles. The number of pyridine rings is 1. The summed E-state index contributed by atoms with van der Waals surface area (Å²) in [5, 5.41) is 5.40. The van der Waals surface area contributed by atoms with Crippen molar-refractivity contribution in [1.29, 1.82) is 0 Å². The minimum Gasteiger partial charge on any atom is -0.495 e. The Balaban J connectivity index is 2.11. The Morgan fingerprint density at radius 2 is 1.95 bits per heavy atom. The zero-order valence-corrected chi connectivity index (χ0v) is 12.8. The highest BCUT2D eigenvalue weighted by atomic mass is 16.5. The van der Waals surface area contributed by atoms with Gasteiger partial charge in [0.05, 0.1) is 30.7 Å². The van der Waals surface area contributed by atoms with E-state index < -0.39 is 0 Å². The molecular weight excluding hydrogens is 262 g/mol. The van der Waals surface area contributed by atoms with Crippen molar-refractivity contribution in [1.82, 2.24) is 14.8 Å². The van der Waals surface area contributed by atoms with Crippen molar-refractivity contribution >= 4 is 10.9 Å². The summed E-state index contributed by atoms with van der Waals surface area (Å²) >= 11 is 0. The van der Waals surface area contributed by atoms with Crippen LogP contribution in [0.3, 0.4) is 0 Å². The second-order valence-electron chi connectivity index (χ2n) is 5.51. The van der Waals surface area contributed by atoms with Crippen molar-refractivity contribution < 1.29 is 4.74 Å². The Labute approximate surface area is 124 Å². The third-order valence-electron chi connectivity index (χ3n) is 3.78. The number of nitrogens with zero attached hydrogens (tertiary/aromatic N) is 3. The van der Waals surface area contributed by atoms with E-state index >= 15 is 0 Å². The number of hydrogen-bond acceptors (Lipinski definition) is 3. The third-order valence-corrected chi connectivity index (χ3v) is 3.78. The average Bonchev–Trinajstić information content (AvgIpc) is 2.87. The van der Waals surface area contributed by atoms with Crippen molar-refractivity contribution in [2.45, 2.75) is 19.8 Å². The fourth-order valence-corrected chi connectivity index (χ4v) is 2.56. The van der Waals surface area contributed by atoms with Crippen molar-refractivity contribution in [2.24, 2.45) is 7.05 Å². The predicted octanol–water partition coefficient (Wildman–Crippen LogP) is 3.77. The maximum Gasteiger partial charge on any atom is 0.140 e. The lowest BCUT2D eigenvalue weighted by atomic mass is 10.00. The molecular formula is C17H19N3O. The molecule has 0 N–H and O–H groups in total. The van der Waals surface area contributed by atoms with Gasteiger partial charge in [-0.25, -0.2) is 0 Å². The van der Waals surface area contributed by atoms with E-state index in [-0.39, 0.29) is 0 Å². The largest absolute Gasteiger partial charge is 0.495 e. The van der Waals surface area contributed by atoms with Crippen LogP contribution in [0.25, 0.3) is 22.2 Å². The summed E-state index contributed by atoms with van der Waals surface area (Å²) in [7, 11) is 3.63. The smallest absolute Gasteiger partial charge is 0.140 e. The predicted molar refractivity (Wildman–Crippen MR) is 84.6 cm³/mol. The van der Waals surface area contributed by atoms with Gasteiger partial charge in [-0.2, -0.15) is 5.10 Å². The minimum atomic E-state index is 0.392. The second-order valence-corrected chi connectivity index (χ2v) is 5.51. The Morgan fingerprint density at radius 3 is 2.67 bits per heavy atom. The quantitative estimate of drug-likeness (QED) is 0.733.